The number of hydrogen-bond acceptors (Lipinski definition) is 7. The van der Waals surface area contributed by atoms with Gasteiger partial charge in [0.2, 0.25) is 0 Å². The minimum atomic E-state index is -0.219. The van der Waals surface area contributed by atoms with Gasteiger partial charge in [-0.1, -0.05) is 12.1 Å². The zero-order valence-electron chi connectivity index (χ0n) is 16.1. The second-order valence-corrected chi connectivity index (χ2v) is 5.73. The molecule has 1 aromatic heterocycles. The van der Waals surface area contributed by atoms with Gasteiger partial charge < -0.3 is 23.7 Å². The van der Waals surface area contributed by atoms with Gasteiger partial charge in [0.1, 0.15) is 12.4 Å². The first-order valence-corrected chi connectivity index (χ1v) is 8.56. The number of nitrogens with zero attached hydrogens (tertiary/aromatic N) is 1. The zero-order valence-corrected chi connectivity index (χ0v) is 16.1. The van der Waals surface area contributed by atoms with Crippen molar-refractivity contribution in [1.29, 1.82) is 0 Å². The normalized spacial score (nSPS) is 10.4. The number of hydrogen-bond donors (Lipinski definition) is 0. The number of rotatable bonds is 11. The summed E-state index contributed by atoms with van der Waals surface area (Å²) in [4.78, 5) is 16.2. The Morgan fingerprint density at radius 3 is 2.30 bits per heavy atom. The maximum absolute atomic E-state index is 12.0. The van der Waals surface area contributed by atoms with Gasteiger partial charge in [0.25, 0.3) is 5.88 Å². The van der Waals surface area contributed by atoms with E-state index in [1.165, 1.54) is 14.0 Å². The molecule has 1 heterocycles. The molecule has 0 spiro atoms. The third-order valence-electron chi connectivity index (χ3n) is 3.75. The number of carbonyl (C=O) groups excluding carboxylic acids is 1. The molecule has 0 radical (unpaired) electrons. The van der Waals surface area contributed by atoms with Crippen LogP contribution in [0.15, 0.2) is 30.3 Å². The van der Waals surface area contributed by atoms with Crippen LogP contribution in [-0.4, -0.2) is 45.3 Å². The second-order valence-electron chi connectivity index (χ2n) is 5.73. The minimum Gasteiger partial charge on any atom is -0.497 e. The number of carbonyl (C=O) groups is 1. The van der Waals surface area contributed by atoms with Crippen LogP contribution in [-0.2, 0) is 11.3 Å². The van der Waals surface area contributed by atoms with E-state index in [2.05, 4.69) is 4.98 Å². The van der Waals surface area contributed by atoms with Crippen molar-refractivity contribution >= 4 is 5.78 Å². The highest BCUT2D eigenvalue weighted by molar-refractivity contribution is 5.95. The van der Waals surface area contributed by atoms with Crippen molar-refractivity contribution in [2.45, 2.75) is 20.0 Å². The molecule has 0 unspecified atom stereocenters. The van der Waals surface area contributed by atoms with Crippen LogP contribution in [0.25, 0.3) is 0 Å². The maximum atomic E-state index is 12.0. The van der Waals surface area contributed by atoms with Crippen LogP contribution in [0.3, 0.4) is 0 Å². The van der Waals surface area contributed by atoms with Crippen molar-refractivity contribution in [2.24, 2.45) is 0 Å². The van der Waals surface area contributed by atoms with Crippen LogP contribution in [0.5, 0.6) is 23.1 Å². The predicted octanol–water partition coefficient (Wildman–Crippen LogP) is 3.30. The fourth-order valence-corrected chi connectivity index (χ4v) is 2.34. The SMILES string of the molecule is COCCCOc1cc(OCc2ccc(OC)cc2)c(C(C)=O)nc1OC. The van der Waals surface area contributed by atoms with Gasteiger partial charge in [0, 0.05) is 33.1 Å². The molecule has 1 aromatic carbocycles. The lowest BCUT2D eigenvalue weighted by Gasteiger charge is -2.15. The Balaban J connectivity index is 2.18. The third kappa shape index (κ3) is 5.86. The smallest absolute Gasteiger partial charge is 0.257 e. The number of ketones is 1. The Bertz CT molecular complexity index is 745. The molecule has 146 valence electrons. The first-order valence-electron chi connectivity index (χ1n) is 8.56. The fourth-order valence-electron chi connectivity index (χ4n) is 2.34. The highest BCUT2D eigenvalue weighted by atomic mass is 16.5. The molecule has 27 heavy (non-hydrogen) atoms. The molecule has 0 saturated heterocycles. The quantitative estimate of drug-likeness (QED) is 0.440. The average Bonchev–Trinajstić information content (AvgIpc) is 2.69. The van der Waals surface area contributed by atoms with Crippen molar-refractivity contribution < 1.29 is 28.5 Å². The lowest BCUT2D eigenvalue weighted by molar-refractivity contribution is 0.100. The van der Waals surface area contributed by atoms with E-state index in [9.17, 15) is 4.79 Å². The van der Waals surface area contributed by atoms with Crippen molar-refractivity contribution in [2.75, 3.05) is 34.5 Å². The zero-order chi connectivity index (χ0) is 19.6. The average molecular weight is 375 g/mol. The Morgan fingerprint density at radius 1 is 0.963 bits per heavy atom. The molecule has 0 fully saturated rings. The standard InChI is InChI=1S/C20H25NO6/c1-14(22)19-17(27-13-15-6-8-16(24-3)9-7-15)12-18(20(21-19)25-4)26-11-5-10-23-2/h6-9,12H,5,10-11,13H2,1-4H3. The van der Waals surface area contributed by atoms with Crippen molar-refractivity contribution in [3.8, 4) is 23.1 Å². The lowest BCUT2D eigenvalue weighted by atomic mass is 10.2. The van der Waals surface area contributed by atoms with Crippen LogP contribution < -0.4 is 18.9 Å². The summed E-state index contributed by atoms with van der Waals surface area (Å²) in [6.07, 6.45) is 0.718. The molecule has 7 nitrogen and oxygen atoms in total. The summed E-state index contributed by atoms with van der Waals surface area (Å²) in [5, 5.41) is 0. The Morgan fingerprint density at radius 2 is 1.70 bits per heavy atom. The van der Waals surface area contributed by atoms with Crippen LogP contribution in [0, 0.1) is 0 Å². The largest absolute Gasteiger partial charge is 0.497 e. The summed E-state index contributed by atoms with van der Waals surface area (Å²) < 4.78 is 27.0. The van der Waals surface area contributed by atoms with E-state index in [-0.39, 0.29) is 24.0 Å². The number of ether oxygens (including phenoxy) is 5. The summed E-state index contributed by atoms with van der Waals surface area (Å²) >= 11 is 0. The molecule has 0 N–H and O–H groups in total. The van der Waals surface area contributed by atoms with Crippen LogP contribution >= 0.6 is 0 Å². The first-order chi connectivity index (χ1) is 13.1. The Hall–Kier alpha value is -2.80. The summed E-state index contributed by atoms with van der Waals surface area (Å²) in [7, 11) is 4.73. The lowest BCUT2D eigenvalue weighted by Crippen LogP contribution is -2.08. The molecule has 0 atom stereocenters. The van der Waals surface area contributed by atoms with Crippen molar-refractivity contribution in [3.63, 3.8) is 0 Å². The number of benzene rings is 1. The van der Waals surface area contributed by atoms with Gasteiger partial charge in [-0.15, -0.1) is 0 Å². The van der Waals surface area contributed by atoms with Gasteiger partial charge in [-0.2, -0.15) is 0 Å². The van der Waals surface area contributed by atoms with Crippen molar-refractivity contribution in [1.82, 2.24) is 4.98 Å². The summed E-state index contributed by atoms with van der Waals surface area (Å²) in [5.74, 6) is 1.56. The molecule has 0 saturated carbocycles. The molecular formula is C20H25NO6. The Kier molecular flexibility index (Phi) is 7.88. The second kappa shape index (κ2) is 10.4. The summed E-state index contributed by atoms with van der Waals surface area (Å²) in [5.41, 5.74) is 1.13. The summed E-state index contributed by atoms with van der Waals surface area (Å²) in [6.45, 7) is 2.73. The van der Waals surface area contributed by atoms with E-state index in [0.29, 0.717) is 24.7 Å². The highest BCUT2D eigenvalue weighted by Crippen LogP contribution is 2.32. The van der Waals surface area contributed by atoms with Gasteiger partial charge in [-0.25, -0.2) is 4.98 Å². The van der Waals surface area contributed by atoms with E-state index in [0.717, 1.165) is 17.7 Å². The maximum Gasteiger partial charge on any atom is 0.257 e. The molecule has 2 aromatic rings. The van der Waals surface area contributed by atoms with Gasteiger partial charge in [0.15, 0.2) is 23.0 Å². The minimum absolute atomic E-state index is 0.199. The van der Waals surface area contributed by atoms with Crippen LogP contribution in [0.4, 0.5) is 0 Å². The molecule has 0 aliphatic carbocycles. The monoisotopic (exact) mass is 375 g/mol. The topological polar surface area (TPSA) is 76.1 Å². The number of pyridine rings is 1. The molecule has 0 aliphatic heterocycles. The molecule has 0 aliphatic rings. The van der Waals surface area contributed by atoms with E-state index >= 15 is 0 Å². The van der Waals surface area contributed by atoms with E-state index in [4.69, 9.17) is 23.7 Å². The number of Topliss-reactive ketones (excluding diaryl/α,β-unsaturated/α-hetero) is 1. The van der Waals surface area contributed by atoms with E-state index in [1.807, 2.05) is 24.3 Å². The molecule has 7 heteroatoms. The van der Waals surface area contributed by atoms with Crippen LogP contribution in [0.2, 0.25) is 0 Å². The van der Waals surface area contributed by atoms with E-state index in [1.54, 1.807) is 20.3 Å². The van der Waals surface area contributed by atoms with Gasteiger partial charge in [-0.3, -0.25) is 4.79 Å². The van der Waals surface area contributed by atoms with Crippen LogP contribution in [0.1, 0.15) is 29.4 Å². The van der Waals surface area contributed by atoms with Crippen molar-refractivity contribution in [3.05, 3.63) is 41.6 Å². The number of methoxy groups -OCH3 is 3. The predicted molar refractivity (Wildman–Crippen MR) is 100 cm³/mol. The van der Waals surface area contributed by atoms with Gasteiger partial charge >= 0.3 is 0 Å². The Labute approximate surface area is 159 Å². The first kappa shape index (κ1) is 20.5. The fraction of sp³-hybridized carbons (Fsp3) is 0.400. The summed E-state index contributed by atoms with van der Waals surface area (Å²) in [6, 6.07) is 9.12. The molecule has 0 bridgehead atoms. The molecular weight excluding hydrogens is 350 g/mol. The van der Waals surface area contributed by atoms with E-state index < -0.39 is 0 Å². The van der Waals surface area contributed by atoms with Gasteiger partial charge in [-0.05, 0) is 17.7 Å². The third-order valence-corrected chi connectivity index (χ3v) is 3.75. The highest BCUT2D eigenvalue weighted by Gasteiger charge is 2.18. The molecule has 0 amide bonds. The molecule has 2 rings (SSSR count). The number of aromatic nitrogens is 1. The van der Waals surface area contributed by atoms with Gasteiger partial charge in [0.05, 0.1) is 20.8 Å².